The van der Waals surface area contributed by atoms with E-state index in [0.29, 0.717) is 19.0 Å². The summed E-state index contributed by atoms with van der Waals surface area (Å²) in [5.74, 6) is 0.534. The largest absolute Gasteiger partial charge is 0.383 e. The lowest BCUT2D eigenvalue weighted by Crippen LogP contribution is -2.36. The van der Waals surface area contributed by atoms with Crippen molar-refractivity contribution in [2.24, 2.45) is 0 Å². The van der Waals surface area contributed by atoms with E-state index in [-0.39, 0.29) is 17.5 Å². The molecule has 0 saturated carbocycles. The van der Waals surface area contributed by atoms with Gasteiger partial charge >= 0.3 is 5.69 Å². The maximum atomic E-state index is 11.3. The topological polar surface area (TPSA) is 93.4 Å². The molecular formula is C12H21N5O3. The molecule has 1 N–H and O–H groups in total. The molecule has 1 aromatic heterocycles. The van der Waals surface area contributed by atoms with E-state index in [9.17, 15) is 10.1 Å². The van der Waals surface area contributed by atoms with Gasteiger partial charge < -0.3 is 15.0 Å². The molecule has 1 heterocycles. The predicted octanol–water partition coefficient (Wildman–Crippen LogP) is 1.68. The highest BCUT2D eigenvalue weighted by molar-refractivity contribution is 5.70. The Labute approximate surface area is 118 Å². The van der Waals surface area contributed by atoms with Crippen LogP contribution in [0.3, 0.4) is 0 Å². The zero-order chi connectivity index (χ0) is 15.1. The molecule has 8 heteroatoms. The Morgan fingerprint density at radius 2 is 2.25 bits per heavy atom. The third-order valence-electron chi connectivity index (χ3n) is 3.15. The monoisotopic (exact) mass is 283 g/mol. The van der Waals surface area contributed by atoms with Gasteiger partial charge in [0.25, 0.3) is 0 Å². The number of nitrogens with zero attached hydrogens (tertiary/aromatic N) is 4. The van der Waals surface area contributed by atoms with E-state index >= 15 is 0 Å². The number of nitro groups is 1. The van der Waals surface area contributed by atoms with Crippen LogP contribution in [0, 0.1) is 10.1 Å². The summed E-state index contributed by atoms with van der Waals surface area (Å²) in [5.41, 5.74) is -0.105. The van der Waals surface area contributed by atoms with Crippen LogP contribution in [0.1, 0.15) is 20.3 Å². The van der Waals surface area contributed by atoms with Crippen molar-refractivity contribution in [3.63, 3.8) is 0 Å². The Kier molecular flexibility index (Phi) is 6.10. The Morgan fingerprint density at radius 1 is 1.55 bits per heavy atom. The SMILES string of the molecule is CCC(C)N(CCOC)c1ncnc(NC)c1[N+](=O)[O-]. The molecule has 20 heavy (non-hydrogen) atoms. The van der Waals surface area contributed by atoms with Gasteiger partial charge in [-0.15, -0.1) is 0 Å². The van der Waals surface area contributed by atoms with Gasteiger partial charge in [0.1, 0.15) is 6.33 Å². The van der Waals surface area contributed by atoms with Crippen molar-refractivity contribution in [3.8, 4) is 0 Å². The van der Waals surface area contributed by atoms with Crippen molar-refractivity contribution in [1.82, 2.24) is 9.97 Å². The summed E-state index contributed by atoms with van der Waals surface area (Å²) in [6, 6.07) is 0.114. The molecule has 112 valence electrons. The van der Waals surface area contributed by atoms with Crippen LogP contribution in [0.2, 0.25) is 0 Å². The molecule has 0 bridgehead atoms. The van der Waals surface area contributed by atoms with Crippen molar-refractivity contribution in [3.05, 3.63) is 16.4 Å². The molecule has 0 aliphatic carbocycles. The van der Waals surface area contributed by atoms with Crippen LogP contribution in [0.5, 0.6) is 0 Å². The molecule has 0 fully saturated rings. The van der Waals surface area contributed by atoms with Gasteiger partial charge in [0, 0.05) is 26.7 Å². The smallest absolute Gasteiger partial charge is 0.353 e. The number of methoxy groups -OCH3 is 1. The van der Waals surface area contributed by atoms with Gasteiger partial charge in [-0.05, 0) is 13.3 Å². The zero-order valence-corrected chi connectivity index (χ0v) is 12.3. The number of ether oxygens (including phenoxy) is 1. The molecule has 0 aliphatic rings. The number of nitrogens with one attached hydrogen (secondary N) is 1. The number of hydrogen-bond donors (Lipinski definition) is 1. The number of hydrogen-bond acceptors (Lipinski definition) is 7. The van der Waals surface area contributed by atoms with Crippen molar-refractivity contribution in [1.29, 1.82) is 0 Å². The molecule has 0 aromatic carbocycles. The Morgan fingerprint density at radius 3 is 2.75 bits per heavy atom. The van der Waals surface area contributed by atoms with Gasteiger partial charge in [0.2, 0.25) is 11.6 Å². The molecule has 0 aliphatic heterocycles. The van der Waals surface area contributed by atoms with Gasteiger partial charge in [-0.2, -0.15) is 0 Å². The van der Waals surface area contributed by atoms with Crippen LogP contribution < -0.4 is 10.2 Å². The second-order valence-corrected chi connectivity index (χ2v) is 4.35. The van der Waals surface area contributed by atoms with Crippen molar-refractivity contribution >= 4 is 17.3 Å². The highest BCUT2D eigenvalue weighted by Gasteiger charge is 2.28. The minimum absolute atomic E-state index is 0.105. The Bertz CT molecular complexity index is 455. The first kappa shape index (κ1) is 16.1. The zero-order valence-electron chi connectivity index (χ0n) is 12.3. The Hall–Kier alpha value is -1.96. The van der Waals surface area contributed by atoms with Crippen LogP contribution in [-0.4, -0.2) is 48.2 Å². The molecule has 0 radical (unpaired) electrons. The lowest BCUT2D eigenvalue weighted by Gasteiger charge is -2.29. The van der Waals surface area contributed by atoms with Crippen molar-refractivity contribution in [2.45, 2.75) is 26.3 Å². The van der Waals surface area contributed by atoms with Crippen LogP contribution in [0.4, 0.5) is 17.3 Å². The second kappa shape index (κ2) is 7.59. The summed E-state index contributed by atoms with van der Waals surface area (Å²) >= 11 is 0. The fourth-order valence-electron chi connectivity index (χ4n) is 1.88. The van der Waals surface area contributed by atoms with Crippen molar-refractivity contribution < 1.29 is 9.66 Å². The molecular weight excluding hydrogens is 262 g/mol. The van der Waals surface area contributed by atoms with Crippen molar-refractivity contribution in [2.75, 3.05) is 37.5 Å². The number of rotatable bonds is 8. The van der Waals surface area contributed by atoms with E-state index in [1.165, 1.54) is 6.33 Å². The van der Waals surface area contributed by atoms with E-state index < -0.39 is 4.92 Å². The predicted molar refractivity (Wildman–Crippen MR) is 77.2 cm³/mol. The maximum Gasteiger partial charge on any atom is 0.353 e. The van der Waals surface area contributed by atoms with Gasteiger partial charge in [-0.25, -0.2) is 9.97 Å². The summed E-state index contributed by atoms with van der Waals surface area (Å²) in [7, 11) is 3.20. The Balaban J connectivity index is 3.27. The fraction of sp³-hybridized carbons (Fsp3) is 0.667. The van der Waals surface area contributed by atoms with Gasteiger partial charge in [0.15, 0.2) is 0 Å². The molecule has 0 saturated heterocycles. The third kappa shape index (κ3) is 3.53. The highest BCUT2D eigenvalue weighted by Crippen LogP contribution is 2.32. The molecule has 0 amide bonds. The maximum absolute atomic E-state index is 11.3. The van der Waals surface area contributed by atoms with Crippen LogP contribution in [0.25, 0.3) is 0 Å². The van der Waals surface area contributed by atoms with E-state index in [4.69, 9.17) is 4.74 Å². The van der Waals surface area contributed by atoms with E-state index in [1.807, 2.05) is 18.7 Å². The average Bonchev–Trinajstić information content (AvgIpc) is 2.46. The summed E-state index contributed by atoms with van der Waals surface area (Å²) < 4.78 is 5.07. The van der Waals surface area contributed by atoms with E-state index in [2.05, 4.69) is 15.3 Å². The number of aromatic nitrogens is 2. The first-order chi connectivity index (χ1) is 9.56. The van der Waals surface area contributed by atoms with E-state index in [0.717, 1.165) is 6.42 Å². The van der Waals surface area contributed by atoms with Crippen LogP contribution in [0.15, 0.2) is 6.33 Å². The molecule has 1 aromatic rings. The summed E-state index contributed by atoms with van der Waals surface area (Å²) in [6.45, 7) is 5.03. The number of anilines is 2. The van der Waals surface area contributed by atoms with Crippen LogP contribution >= 0.6 is 0 Å². The summed E-state index contributed by atoms with van der Waals surface area (Å²) in [4.78, 5) is 20.8. The second-order valence-electron chi connectivity index (χ2n) is 4.35. The van der Waals surface area contributed by atoms with Gasteiger partial charge in [0.05, 0.1) is 11.5 Å². The fourth-order valence-corrected chi connectivity index (χ4v) is 1.88. The minimum Gasteiger partial charge on any atom is -0.383 e. The molecule has 1 unspecified atom stereocenters. The summed E-state index contributed by atoms with van der Waals surface area (Å²) in [5, 5.41) is 14.1. The summed E-state index contributed by atoms with van der Waals surface area (Å²) in [6.07, 6.45) is 2.18. The normalized spacial score (nSPS) is 12.0. The quantitative estimate of drug-likeness (QED) is 0.573. The molecule has 1 atom stereocenters. The third-order valence-corrected chi connectivity index (χ3v) is 3.15. The lowest BCUT2D eigenvalue weighted by atomic mass is 10.2. The van der Waals surface area contributed by atoms with Gasteiger partial charge in [-0.1, -0.05) is 6.92 Å². The molecule has 1 rings (SSSR count). The lowest BCUT2D eigenvalue weighted by molar-refractivity contribution is -0.383. The molecule has 8 nitrogen and oxygen atoms in total. The first-order valence-electron chi connectivity index (χ1n) is 6.49. The minimum atomic E-state index is -0.455. The van der Waals surface area contributed by atoms with E-state index in [1.54, 1.807) is 14.2 Å². The molecule has 0 spiro atoms. The van der Waals surface area contributed by atoms with Gasteiger partial charge in [-0.3, -0.25) is 10.1 Å². The highest BCUT2D eigenvalue weighted by atomic mass is 16.6. The average molecular weight is 283 g/mol. The first-order valence-corrected chi connectivity index (χ1v) is 6.49. The van der Waals surface area contributed by atoms with Crippen LogP contribution in [-0.2, 0) is 4.74 Å². The standard InChI is InChI=1S/C12H21N5O3/c1-5-9(2)16(6-7-20-4)12-10(17(18)19)11(13-3)14-8-15-12/h8-9H,5-7H2,1-4H3,(H,13,14,15).